The molecule has 1 aromatic carbocycles. The summed E-state index contributed by atoms with van der Waals surface area (Å²) in [6, 6.07) is 6.73. The van der Waals surface area contributed by atoms with Gasteiger partial charge >= 0.3 is 0 Å². The molecule has 1 N–H and O–H groups in total. The Hall–Kier alpha value is -3.86. The number of halogens is 2. The Labute approximate surface area is 206 Å². The van der Waals surface area contributed by atoms with Crippen LogP contribution < -0.4 is 10.2 Å². The third kappa shape index (κ3) is 4.30. The topological polar surface area (TPSA) is 89.6 Å². The highest BCUT2D eigenvalue weighted by atomic mass is 19.1. The second-order valence-electron chi connectivity index (χ2n) is 9.76. The van der Waals surface area contributed by atoms with Gasteiger partial charge in [-0.3, -0.25) is 4.79 Å². The van der Waals surface area contributed by atoms with Crippen molar-refractivity contribution in [2.75, 3.05) is 36.5 Å². The van der Waals surface area contributed by atoms with Crippen molar-refractivity contribution in [3.05, 3.63) is 59.7 Å². The van der Waals surface area contributed by atoms with Gasteiger partial charge in [0.05, 0.1) is 30.6 Å². The van der Waals surface area contributed by atoms with Gasteiger partial charge in [-0.05, 0) is 68.7 Å². The molecule has 11 heteroatoms. The average molecular weight is 496 g/mol. The number of nitrogens with one attached hydrogen (secondary N) is 1. The van der Waals surface area contributed by atoms with Crippen molar-refractivity contribution in [3.8, 4) is 11.1 Å². The van der Waals surface area contributed by atoms with E-state index in [1.165, 1.54) is 12.4 Å². The van der Waals surface area contributed by atoms with Gasteiger partial charge in [0, 0.05) is 13.1 Å². The van der Waals surface area contributed by atoms with Crippen molar-refractivity contribution >= 4 is 23.1 Å². The van der Waals surface area contributed by atoms with E-state index in [0.29, 0.717) is 43.1 Å². The highest BCUT2D eigenvalue weighted by Gasteiger charge is 2.25. The number of hydrogen-bond acceptors (Lipinski definition) is 6. The fourth-order valence-electron chi connectivity index (χ4n) is 4.30. The summed E-state index contributed by atoms with van der Waals surface area (Å²) in [5.74, 6) is -1.33. The predicted molar refractivity (Wildman–Crippen MR) is 131 cm³/mol. The van der Waals surface area contributed by atoms with Crippen LogP contribution in [-0.4, -0.2) is 56.6 Å². The monoisotopic (exact) mass is 495 g/mol. The van der Waals surface area contributed by atoms with E-state index >= 15 is 0 Å². The number of morpholine rings is 1. The molecular formula is C25H27F2N7O2. The molecule has 1 fully saturated rings. The molecule has 0 saturated carbocycles. The summed E-state index contributed by atoms with van der Waals surface area (Å²) in [5.41, 5.74) is 1.84. The van der Waals surface area contributed by atoms with Crippen molar-refractivity contribution < 1.29 is 18.3 Å². The van der Waals surface area contributed by atoms with Crippen LogP contribution in [0.2, 0.25) is 0 Å². The van der Waals surface area contributed by atoms with Crippen LogP contribution in [0.1, 0.15) is 36.7 Å². The fraction of sp³-hybridized carbons (Fsp3) is 0.360. The van der Waals surface area contributed by atoms with E-state index in [-0.39, 0.29) is 11.3 Å². The van der Waals surface area contributed by atoms with Gasteiger partial charge in [-0.15, -0.1) is 0 Å². The molecule has 1 aliphatic heterocycles. The maximum Gasteiger partial charge on any atom is 0.262 e. The average Bonchev–Trinajstić information content (AvgIpc) is 3.47. The van der Waals surface area contributed by atoms with Crippen LogP contribution in [0.25, 0.3) is 16.8 Å². The molecule has 9 nitrogen and oxygen atoms in total. The highest BCUT2D eigenvalue weighted by Crippen LogP contribution is 2.33. The zero-order chi connectivity index (χ0) is 25.6. The Morgan fingerprint density at radius 3 is 2.53 bits per heavy atom. The number of nitrogens with zero attached hydrogens (tertiary/aromatic N) is 6. The van der Waals surface area contributed by atoms with E-state index in [2.05, 4.69) is 25.4 Å². The number of amides is 1. The lowest BCUT2D eigenvalue weighted by Crippen LogP contribution is -2.37. The maximum atomic E-state index is 14.9. The van der Waals surface area contributed by atoms with Gasteiger partial charge in [0.15, 0.2) is 5.65 Å². The second-order valence-corrected chi connectivity index (χ2v) is 9.76. The van der Waals surface area contributed by atoms with E-state index in [4.69, 9.17) is 4.74 Å². The third-order valence-corrected chi connectivity index (χ3v) is 6.16. The number of aryl methyl sites for hydroxylation is 1. The van der Waals surface area contributed by atoms with E-state index in [1.807, 2.05) is 12.1 Å². The lowest BCUT2D eigenvalue weighted by molar-refractivity contribution is 0.102. The lowest BCUT2D eigenvalue weighted by atomic mass is 9.99. The molecule has 1 amide bonds. The molecule has 0 unspecified atom stereocenters. The molecule has 0 bridgehead atoms. The number of ether oxygens (including phenoxy) is 1. The lowest BCUT2D eigenvalue weighted by Gasteiger charge is -2.29. The molecule has 1 aliphatic rings. The summed E-state index contributed by atoms with van der Waals surface area (Å²) in [4.78, 5) is 19.4. The molecule has 5 rings (SSSR count). The quantitative estimate of drug-likeness (QED) is 0.460. The molecule has 188 valence electrons. The predicted octanol–water partition coefficient (Wildman–Crippen LogP) is 4.02. The van der Waals surface area contributed by atoms with Crippen LogP contribution in [0.4, 0.5) is 20.3 Å². The number of hydrogen-bond donors (Lipinski definition) is 1. The van der Waals surface area contributed by atoms with Gasteiger partial charge in [0.1, 0.15) is 23.5 Å². The molecular weight excluding hydrogens is 468 g/mol. The van der Waals surface area contributed by atoms with Crippen LogP contribution in [0, 0.1) is 18.7 Å². The largest absolute Gasteiger partial charge is 0.378 e. The molecule has 4 heterocycles. The molecule has 0 atom stereocenters. The van der Waals surface area contributed by atoms with Crippen LogP contribution >= 0.6 is 0 Å². The van der Waals surface area contributed by atoms with Crippen LogP contribution in [0.15, 0.2) is 36.8 Å². The van der Waals surface area contributed by atoms with Crippen molar-refractivity contribution in [2.24, 2.45) is 0 Å². The molecule has 36 heavy (non-hydrogen) atoms. The number of carbonyl (C=O) groups excluding carboxylic acids is 1. The number of rotatable bonds is 4. The molecule has 0 radical (unpaired) electrons. The Bertz CT molecular complexity index is 1450. The summed E-state index contributed by atoms with van der Waals surface area (Å²) in [6.45, 7) is 9.73. The zero-order valence-electron chi connectivity index (χ0n) is 20.5. The third-order valence-electron chi connectivity index (χ3n) is 6.16. The summed E-state index contributed by atoms with van der Waals surface area (Å²) in [6.07, 6.45) is 2.63. The molecule has 3 aromatic heterocycles. The van der Waals surface area contributed by atoms with Gasteiger partial charge in [0.2, 0.25) is 5.95 Å². The molecule has 0 aliphatic carbocycles. The van der Waals surface area contributed by atoms with Gasteiger partial charge in [-0.1, -0.05) is 0 Å². The van der Waals surface area contributed by atoms with E-state index in [0.717, 1.165) is 22.3 Å². The molecule has 4 aromatic rings. The van der Waals surface area contributed by atoms with Gasteiger partial charge in [0.25, 0.3) is 5.91 Å². The minimum absolute atomic E-state index is 0.0576. The van der Waals surface area contributed by atoms with Crippen molar-refractivity contribution in [3.63, 3.8) is 0 Å². The summed E-state index contributed by atoms with van der Waals surface area (Å²) in [5, 5.41) is 10.8. The van der Waals surface area contributed by atoms with Gasteiger partial charge in [-0.2, -0.15) is 19.1 Å². The van der Waals surface area contributed by atoms with Crippen LogP contribution in [-0.2, 0) is 10.3 Å². The number of anilines is 2. The van der Waals surface area contributed by atoms with E-state index in [1.54, 1.807) is 38.3 Å². The standard InChI is InChI=1S/C25H27F2N7O2/c1-15-9-19(26)20(31-24(35)18-13-29-34(23(18)27)25(2,3)4)12-17(15)16-10-21-28-14-30-33(21)22(11-16)32-5-7-36-8-6-32/h9-14H,5-8H2,1-4H3,(H,31,35). The van der Waals surface area contributed by atoms with Crippen molar-refractivity contribution in [1.29, 1.82) is 0 Å². The SMILES string of the molecule is Cc1cc(F)c(NC(=O)c2cnn(C(C)(C)C)c2F)cc1-c1cc(N2CCOCC2)n2ncnc2c1. The Balaban J connectivity index is 1.52. The summed E-state index contributed by atoms with van der Waals surface area (Å²) < 4.78 is 38.1. The Morgan fingerprint density at radius 1 is 1.08 bits per heavy atom. The first kappa shape index (κ1) is 23.9. The Morgan fingerprint density at radius 2 is 1.83 bits per heavy atom. The van der Waals surface area contributed by atoms with Crippen molar-refractivity contribution in [2.45, 2.75) is 33.2 Å². The maximum absolute atomic E-state index is 14.9. The minimum atomic E-state index is -0.779. The normalized spacial score (nSPS) is 14.4. The molecule has 0 spiro atoms. The first-order valence-corrected chi connectivity index (χ1v) is 11.7. The van der Waals surface area contributed by atoms with Crippen molar-refractivity contribution in [1.82, 2.24) is 24.4 Å². The van der Waals surface area contributed by atoms with Crippen LogP contribution in [0.5, 0.6) is 0 Å². The second kappa shape index (κ2) is 8.98. The zero-order valence-corrected chi connectivity index (χ0v) is 20.5. The number of aromatic nitrogens is 5. The summed E-state index contributed by atoms with van der Waals surface area (Å²) >= 11 is 0. The minimum Gasteiger partial charge on any atom is -0.378 e. The van der Waals surface area contributed by atoms with E-state index < -0.39 is 23.2 Å². The number of benzene rings is 1. The first-order chi connectivity index (χ1) is 17.1. The van der Waals surface area contributed by atoms with Crippen LogP contribution in [0.3, 0.4) is 0 Å². The first-order valence-electron chi connectivity index (χ1n) is 11.7. The van der Waals surface area contributed by atoms with Gasteiger partial charge in [-0.25, -0.2) is 14.1 Å². The summed E-state index contributed by atoms with van der Waals surface area (Å²) in [7, 11) is 0. The number of pyridine rings is 1. The smallest absolute Gasteiger partial charge is 0.262 e. The highest BCUT2D eigenvalue weighted by molar-refractivity contribution is 6.04. The van der Waals surface area contributed by atoms with Gasteiger partial charge < -0.3 is 15.0 Å². The fourth-order valence-corrected chi connectivity index (χ4v) is 4.30. The Kier molecular flexibility index (Phi) is 5.95. The van der Waals surface area contributed by atoms with E-state index in [9.17, 15) is 13.6 Å². The molecule has 1 saturated heterocycles. The number of carbonyl (C=O) groups is 1. The number of fused-ring (bicyclic) bond motifs is 1.